The quantitative estimate of drug-likeness (QED) is 0.302. The predicted octanol–water partition coefficient (Wildman–Crippen LogP) is 2.95. The number of halogens is 1. The van der Waals surface area contributed by atoms with Gasteiger partial charge in [-0.1, -0.05) is 32.3 Å². The minimum atomic E-state index is 0. The van der Waals surface area contributed by atoms with Gasteiger partial charge in [0.15, 0.2) is 5.96 Å². The Kier molecular flexibility index (Phi) is 12.0. The van der Waals surface area contributed by atoms with E-state index in [1.54, 1.807) is 20.4 Å². The van der Waals surface area contributed by atoms with Gasteiger partial charge < -0.3 is 15.4 Å². The van der Waals surface area contributed by atoms with Gasteiger partial charge in [0.25, 0.3) is 0 Å². The van der Waals surface area contributed by atoms with Gasteiger partial charge in [0.05, 0.1) is 7.11 Å². The summed E-state index contributed by atoms with van der Waals surface area (Å²) in [6.45, 7) is 3.88. The number of guanidine groups is 1. The van der Waals surface area contributed by atoms with Crippen LogP contribution in [-0.2, 0) is 6.54 Å². The number of nitrogens with one attached hydrogen (secondary N) is 2. The maximum absolute atomic E-state index is 5.03. The number of hydrogen-bond donors (Lipinski definition) is 2. The molecule has 21 heavy (non-hydrogen) atoms. The van der Waals surface area contributed by atoms with Gasteiger partial charge in [0.1, 0.15) is 0 Å². The molecule has 0 saturated heterocycles. The van der Waals surface area contributed by atoms with Gasteiger partial charge in [0, 0.05) is 32.4 Å². The highest BCUT2D eigenvalue weighted by Crippen LogP contribution is 2.06. The number of aromatic nitrogens is 1. The summed E-state index contributed by atoms with van der Waals surface area (Å²) in [5, 5.41) is 6.59. The second-order valence-electron chi connectivity index (χ2n) is 4.62. The van der Waals surface area contributed by atoms with Crippen molar-refractivity contribution in [2.75, 3.05) is 20.7 Å². The summed E-state index contributed by atoms with van der Waals surface area (Å²) in [5.41, 5.74) is 1.10. The van der Waals surface area contributed by atoms with Crippen LogP contribution in [0.5, 0.6) is 5.88 Å². The maximum atomic E-state index is 5.03. The van der Waals surface area contributed by atoms with Crippen LogP contribution in [-0.4, -0.2) is 31.6 Å². The summed E-state index contributed by atoms with van der Waals surface area (Å²) in [5.74, 6) is 1.46. The van der Waals surface area contributed by atoms with Crippen molar-refractivity contribution in [3.05, 3.63) is 23.9 Å². The van der Waals surface area contributed by atoms with Crippen molar-refractivity contribution in [3.8, 4) is 5.88 Å². The van der Waals surface area contributed by atoms with Gasteiger partial charge in [-0.3, -0.25) is 4.99 Å². The van der Waals surface area contributed by atoms with Crippen molar-refractivity contribution in [2.45, 2.75) is 39.2 Å². The van der Waals surface area contributed by atoms with Crippen LogP contribution in [0.3, 0.4) is 0 Å². The number of ether oxygens (including phenoxy) is 1. The molecule has 0 aliphatic carbocycles. The van der Waals surface area contributed by atoms with Crippen LogP contribution in [0.2, 0.25) is 0 Å². The third-order valence-electron chi connectivity index (χ3n) is 3.01. The number of hydrogen-bond acceptors (Lipinski definition) is 3. The first kappa shape index (κ1) is 19.9. The summed E-state index contributed by atoms with van der Waals surface area (Å²) in [7, 11) is 3.40. The van der Waals surface area contributed by atoms with Crippen molar-refractivity contribution in [2.24, 2.45) is 4.99 Å². The average Bonchev–Trinajstić information content (AvgIpc) is 2.50. The largest absolute Gasteiger partial charge is 0.481 e. The van der Waals surface area contributed by atoms with Crippen molar-refractivity contribution in [3.63, 3.8) is 0 Å². The van der Waals surface area contributed by atoms with E-state index in [1.165, 1.54) is 25.7 Å². The lowest BCUT2D eigenvalue weighted by Crippen LogP contribution is -2.37. The van der Waals surface area contributed by atoms with Gasteiger partial charge in [-0.25, -0.2) is 4.98 Å². The molecular weight excluding hydrogens is 379 g/mol. The van der Waals surface area contributed by atoms with Crippen LogP contribution in [0.15, 0.2) is 23.3 Å². The van der Waals surface area contributed by atoms with E-state index in [0.717, 1.165) is 18.1 Å². The van der Waals surface area contributed by atoms with E-state index in [2.05, 4.69) is 27.5 Å². The first-order valence-corrected chi connectivity index (χ1v) is 7.23. The van der Waals surface area contributed by atoms with E-state index >= 15 is 0 Å². The fourth-order valence-electron chi connectivity index (χ4n) is 1.80. The summed E-state index contributed by atoms with van der Waals surface area (Å²) >= 11 is 0. The molecule has 0 saturated carbocycles. The predicted molar refractivity (Wildman–Crippen MR) is 98.5 cm³/mol. The molecule has 0 aliphatic heterocycles. The first-order valence-electron chi connectivity index (χ1n) is 7.23. The molecule has 5 nitrogen and oxygen atoms in total. The first-order chi connectivity index (χ1) is 9.80. The van der Waals surface area contributed by atoms with E-state index in [-0.39, 0.29) is 24.0 Å². The molecule has 0 aliphatic rings. The van der Waals surface area contributed by atoms with E-state index < -0.39 is 0 Å². The third-order valence-corrected chi connectivity index (χ3v) is 3.01. The third kappa shape index (κ3) is 8.75. The number of unbranched alkanes of at least 4 members (excludes halogenated alkanes) is 3. The highest BCUT2D eigenvalue weighted by molar-refractivity contribution is 14.0. The minimum absolute atomic E-state index is 0. The van der Waals surface area contributed by atoms with E-state index in [1.807, 2.05) is 12.1 Å². The zero-order valence-electron chi connectivity index (χ0n) is 13.2. The Hall–Kier alpha value is -1.05. The number of nitrogens with zero attached hydrogens (tertiary/aromatic N) is 2. The van der Waals surface area contributed by atoms with Crippen LogP contribution >= 0.6 is 24.0 Å². The van der Waals surface area contributed by atoms with Gasteiger partial charge in [-0.05, 0) is 12.0 Å². The molecule has 120 valence electrons. The summed E-state index contributed by atoms with van der Waals surface area (Å²) in [6, 6.07) is 3.85. The average molecular weight is 406 g/mol. The molecule has 0 aromatic carbocycles. The molecule has 0 atom stereocenters. The molecule has 0 spiro atoms. The van der Waals surface area contributed by atoms with Crippen molar-refractivity contribution >= 4 is 29.9 Å². The standard InChI is InChI=1S/C15H26N4O.HI/c1-4-5-6-7-10-17-15(16-2)19-12-13-8-9-14(20-3)18-11-13;/h8-9,11H,4-7,10,12H2,1-3H3,(H2,16,17,19);1H. The Balaban J connectivity index is 0.00000400. The Morgan fingerprint density at radius 3 is 2.62 bits per heavy atom. The van der Waals surface area contributed by atoms with E-state index in [4.69, 9.17) is 4.74 Å². The summed E-state index contributed by atoms with van der Waals surface area (Å²) < 4.78 is 5.03. The lowest BCUT2D eigenvalue weighted by Gasteiger charge is -2.11. The molecule has 0 fully saturated rings. The molecule has 0 unspecified atom stereocenters. The molecule has 1 aromatic rings. The van der Waals surface area contributed by atoms with E-state index in [9.17, 15) is 0 Å². The van der Waals surface area contributed by atoms with Crippen LogP contribution < -0.4 is 15.4 Å². The Labute approximate surface area is 145 Å². The number of pyridine rings is 1. The zero-order chi connectivity index (χ0) is 14.6. The second-order valence-corrected chi connectivity index (χ2v) is 4.62. The van der Waals surface area contributed by atoms with Crippen LogP contribution in [0.4, 0.5) is 0 Å². The summed E-state index contributed by atoms with van der Waals surface area (Å²) in [4.78, 5) is 8.38. The van der Waals surface area contributed by atoms with Crippen molar-refractivity contribution in [1.29, 1.82) is 0 Å². The van der Waals surface area contributed by atoms with Crippen molar-refractivity contribution in [1.82, 2.24) is 15.6 Å². The van der Waals surface area contributed by atoms with Crippen LogP contribution in [0.1, 0.15) is 38.2 Å². The molecule has 1 rings (SSSR count). The Morgan fingerprint density at radius 1 is 1.24 bits per heavy atom. The van der Waals surface area contributed by atoms with Crippen molar-refractivity contribution < 1.29 is 4.74 Å². The van der Waals surface area contributed by atoms with Gasteiger partial charge in [0.2, 0.25) is 5.88 Å². The fraction of sp³-hybridized carbons (Fsp3) is 0.600. The molecule has 6 heteroatoms. The topological polar surface area (TPSA) is 58.5 Å². The van der Waals surface area contributed by atoms with E-state index in [0.29, 0.717) is 12.4 Å². The van der Waals surface area contributed by atoms with Gasteiger partial charge >= 0.3 is 0 Å². The maximum Gasteiger partial charge on any atom is 0.212 e. The molecule has 1 aromatic heterocycles. The number of methoxy groups -OCH3 is 1. The normalized spacial score (nSPS) is 10.7. The molecule has 0 radical (unpaired) electrons. The molecule has 0 amide bonds. The highest BCUT2D eigenvalue weighted by Gasteiger charge is 1.99. The second kappa shape index (κ2) is 12.7. The lowest BCUT2D eigenvalue weighted by molar-refractivity contribution is 0.397. The Morgan fingerprint density at radius 2 is 2.05 bits per heavy atom. The zero-order valence-corrected chi connectivity index (χ0v) is 15.5. The minimum Gasteiger partial charge on any atom is -0.481 e. The molecule has 2 N–H and O–H groups in total. The van der Waals surface area contributed by atoms with Gasteiger partial charge in [-0.15, -0.1) is 24.0 Å². The summed E-state index contributed by atoms with van der Waals surface area (Å²) in [6.07, 6.45) is 6.81. The smallest absolute Gasteiger partial charge is 0.212 e. The SMILES string of the molecule is CCCCCCNC(=NC)NCc1ccc(OC)nc1.I. The monoisotopic (exact) mass is 406 g/mol. The Bertz CT molecular complexity index is 395. The van der Waals surface area contributed by atoms with Crippen LogP contribution in [0, 0.1) is 0 Å². The highest BCUT2D eigenvalue weighted by atomic mass is 127. The van der Waals surface area contributed by atoms with Crippen LogP contribution in [0.25, 0.3) is 0 Å². The molecular formula is C15H27IN4O. The van der Waals surface area contributed by atoms with Gasteiger partial charge in [-0.2, -0.15) is 0 Å². The number of aliphatic imine (C=N–C) groups is 1. The molecule has 0 bridgehead atoms. The number of rotatable bonds is 8. The fourth-order valence-corrected chi connectivity index (χ4v) is 1.80. The lowest BCUT2D eigenvalue weighted by atomic mass is 10.2. The molecule has 1 heterocycles.